The largest absolute Gasteiger partial charge is 0.490 e. The quantitative estimate of drug-likeness (QED) is 0.764. The van der Waals surface area contributed by atoms with Gasteiger partial charge in [0, 0.05) is 15.7 Å². The van der Waals surface area contributed by atoms with Crippen molar-refractivity contribution in [1.29, 1.82) is 0 Å². The molecule has 2 fully saturated rings. The summed E-state index contributed by atoms with van der Waals surface area (Å²) in [5, 5.41) is 0. The number of hydrogen-bond acceptors (Lipinski definition) is 2. The normalized spacial score (nSPS) is 32.7. The van der Waals surface area contributed by atoms with Gasteiger partial charge < -0.3 is 9.64 Å². The van der Waals surface area contributed by atoms with Crippen LogP contribution < -0.4 is 4.74 Å². The molecule has 2 nitrogen and oxygen atoms in total. The zero-order valence-corrected chi connectivity index (χ0v) is 12.3. The number of ether oxygens (including phenoxy) is 1. The summed E-state index contributed by atoms with van der Waals surface area (Å²) in [6.07, 6.45) is 5.52. The van der Waals surface area contributed by atoms with E-state index < -0.39 is 0 Å². The summed E-state index contributed by atoms with van der Waals surface area (Å²) in [6.45, 7) is 0. The van der Waals surface area contributed by atoms with Gasteiger partial charge in [-0.05, 0) is 79.6 Å². The summed E-state index contributed by atoms with van der Waals surface area (Å²) in [5.74, 6) is 1.03. The van der Waals surface area contributed by atoms with Gasteiger partial charge in [0.25, 0.3) is 0 Å². The number of halogens is 1. The van der Waals surface area contributed by atoms with Crippen molar-refractivity contribution in [3.05, 3.63) is 27.8 Å². The maximum absolute atomic E-state index is 6.11. The minimum atomic E-state index is 0.420. The summed E-state index contributed by atoms with van der Waals surface area (Å²) < 4.78 is 7.37. The number of rotatable bonds is 2. The van der Waals surface area contributed by atoms with Crippen LogP contribution >= 0.6 is 22.6 Å². The van der Waals surface area contributed by atoms with Crippen LogP contribution in [0.25, 0.3) is 0 Å². The molecule has 0 aliphatic carbocycles. The van der Waals surface area contributed by atoms with E-state index in [2.05, 4.69) is 58.8 Å². The van der Waals surface area contributed by atoms with Gasteiger partial charge in [-0.15, -0.1) is 0 Å². The van der Waals surface area contributed by atoms with Crippen LogP contribution in [0.5, 0.6) is 5.75 Å². The van der Waals surface area contributed by atoms with Gasteiger partial charge >= 0.3 is 0 Å². The van der Waals surface area contributed by atoms with Crippen molar-refractivity contribution < 1.29 is 4.74 Å². The van der Waals surface area contributed by atoms with E-state index in [0.29, 0.717) is 6.10 Å². The molecule has 1 aromatic rings. The molecule has 2 heterocycles. The molecule has 0 radical (unpaired) electrons. The maximum atomic E-state index is 6.11. The van der Waals surface area contributed by atoms with Gasteiger partial charge in [-0.25, -0.2) is 0 Å². The first-order valence-corrected chi connectivity index (χ1v) is 7.44. The Kier molecular flexibility index (Phi) is 3.30. The fourth-order valence-electron chi connectivity index (χ4n) is 3.16. The molecule has 0 unspecified atom stereocenters. The Bertz CT molecular complexity index is 378. The van der Waals surface area contributed by atoms with Crippen molar-refractivity contribution in [3.63, 3.8) is 0 Å². The van der Waals surface area contributed by atoms with E-state index in [9.17, 15) is 0 Å². The average Bonchev–Trinajstić information content (AvgIpc) is 2.55. The molecule has 2 aliphatic heterocycles. The highest BCUT2D eigenvalue weighted by molar-refractivity contribution is 14.1. The van der Waals surface area contributed by atoms with Crippen LogP contribution in [0.4, 0.5) is 0 Å². The van der Waals surface area contributed by atoms with Crippen molar-refractivity contribution in [2.45, 2.75) is 43.9 Å². The summed E-state index contributed by atoms with van der Waals surface area (Å²) in [5.41, 5.74) is 0. The third-order valence-electron chi connectivity index (χ3n) is 4.17. The average molecular weight is 343 g/mol. The van der Waals surface area contributed by atoms with Crippen LogP contribution in [-0.2, 0) is 0 Å². The smallest absolute Gasteiger partial charge is 0.119 e. The minimum Gasteiger partial charge on any atom is -0.490 e. The Labute approximate surface area is 116 Å². The Morgan fingerprint density at radius 3 is 2.29 bits per heavy atom. The van der Waals surface area contributed by atoms with Crippen molar-refractivity contribution in [2.24, 2.45) is 0 Å². The van der Waals surface area contributed by atoms with E-state index >= 15 is 0 Å². The highest BCUT2D eigenvalue weighted by Crippen LogP contribution is 2.35. The molecule has 3 atom stereocenters. The van der Waals surface area contributed by atoms with Crippen LogP contribution in [-0.4, -0.2) is 30.1 Å². The van der Waals surface area contributed by atoms with Crippen molar-refractivity contribution in [3.8, 4) is 5.75 Å². The first-order chi connectivity index (χ1) is 8.22. The molecule has 3 heteroatoms. The zero-order valence-electron chi connectivity index (χ0n) is 10.1. The number of hydrogen-bond donors (Lipinski definition) is 0. The van der Waals surface area contributed by atoms with Crippen LogP contribution in [0, 0.1) is 3.57 Å². The highest BCUT2D eigenvalue weighted by atomic mass is 127. The van der Waals surface area contributed by atoms with E-state index in [1.165, 1.54) is 29.3 Å². The third kappa shape index (κ3) is 2.45. The summed E-state index contributed by atoms with van der Waals surface area (Å²) >= 11 is 2.32. The van der Waals surface area contributed by atoms with Crippen LogP contribution in [0.1, 0.15) is 25.7 Å². The second-order valence-corrected chi connectivity index (χ2v) is 6.46. The Balaban J connectivity index is 1.65. The molecule has 92 valence electrons. The van der Waals surface area contributed by atoms with Gasteiger partial charge in [-0.1, -0.05) is 0 Å². The first-order valence-electron chi connectivity index (χ1n) is 6.36. The Morgan fingerprint density at radius 2 is 1.71 bits per heavy atom. The van der Waals surface area contributed by atoms with Gasteiger partial charge in [-0.2, -0.15) is 0 Å². The summed E-state index contributed by atoms with van der Waals surface area (Å²) in [7, 11) is 2.27. The topological polar surface area (TPSA) is 12.5 Å². The lowest BCUT2D eigenvalue weighted by molar-refractivity contribution is 0.0661. The fraction of sp³-hybridized carbons (Fsp3) is 0.571. The van der Waals surface area contributed by atoms with Crippen LogP contribution in [0.3, 0.4) is 0 Å². The highest BCUT2D eigenvalue weighted by Gasteiger charge is 2.39. The number of fused-ring (bicyclic) bond motifs is 2. The molecule has 0 N–H and O–H groups in total. The standard InChI is InChI=1S/C14H18INO/c1-16-11-4-5-12(16)9-14(8-11)17-13-6-2-10(15)3-7-13/h2-3,6-7,11-12,14H,4-5,8-9H2,1H3/t11-,12+,14-. The zero-order chi connectivity index (χ0) is 11.8. The second kappa shape index (κ2) is 4.76. The molecule has 1 aromatic carbocycles. The van der Waals surface area contributed by atoms with Crippen LogP contribution in [0.15, 0.2) is 24.3 Å². The SMILES string of the molecule is CN1[C@@H]2CC[C@H]1C[C@H](Oc1ccc(I)cc1)C2. The molecular weight excluding hydrogens is 325 g/mol. The lowest BCUT2D eigenvalue weighted by Gasteiger charge is -2.36. The van der Waals surface area contributed by atoms with Gasteiger partial charge in [0.15, 0.2) is 0 Å². The van der Waals surface area contributed by atoms with Gasteiger partial charge in [0.2, 0.25) is 0 Å². The molecule has 0 spiro atoms. The summed E-state index contributed by atoms with van der Waals surface area (Å²) in [4.78, 5) is 2.55. The molecular formula is C14H18INO. The minimum absolute atomic E-state index is 0.420. The van der Waals surface area contributed by atoms with E-state index in [0.717, 1.165) is 17.8 Å². The third-order valence-corrected chi connectivity index (χ3v) is 4.89. The van der Waals surface area contributed by atoms with Crippen molar-refractivity contribution in [2.75, 3.05) is 7.05 Å². The predicted octanol–water partition coefficient (Wildman–Crippen LogP) is 3.30. The molecule has 17 heavy (non-hydrogen) atoms. The van der Waals surface area contributed by atoms with E-state index in [-0.39, 0.29) is 0 Å². The van der Waals surface area contributed by atoms with E-state index in [4.69, 9.17) is 4.74 Å². The van der Waals surface area contributed by atoms with Gasteiger partial charge in [-0.3, -0.25) is 0 Å². The number of benzene rings is 1. The number of nitrogens with zero attached hydrogens (tertiary/aromatic N) is 1. The lowest BCUT2D eigenvalue weighted by atomic mass is 10.0. The first kappa shape index (κ1) is 11.8. The molecule has 0 aromatic heterocycles. The summed E-state index contributed by atoms with van der Waals surface area (Å²) in [6, 6.07) is 9.90. The fourth-order valence-corrected chi connectivity index (χ4v) is 3.52. The molecule has 2 bridgehead atoms. The molecule has 3 rings (SSSR count). The monoisotopic (exact) mass is 343 g/mol. The van der Waals surface area contributed by atoms with Gasteiger partial charge in [0.1, 0.15) is 11.9 Å². The van der Waals surface area contributed by atoms with Gasteiger partial charge in [0.05, 0.1) is 0 Å². The number of piperidine rings is 1. The Morgan fingerprint density at radius 1 is 1.12 bits per heavy atom. The molecule has 2 saturated heterocycles. The predicted molar refractivity (Wildman–Crippen MR) is 77.4 cm³/mol. The lowest BCUT2D eigenvalue weighted by Crippen LogP contribution is -2.43. The molecule has 2 aliphatic rings. The van der Waals surface area contributed by atoms with Crippen LogP contribution in [0.2, 0.25) is 0 Å². The Hall–Kier alpha value is -0.290. The van der Waals surface area contributed by atoms with Crippen molar-refractivity contribution >= 4 is 22.6 Å². The van der Waals surface area contributed by atoms with E-state index in [1.807, 2.05) is 0 Å². The van der Waals surface area contributed by atoms with E-state index in [1.54, 1.807) is 0 Å². The van der Waals surface area contributed by atoms with Crippen molar-refractivity contribution in [1.82, 2.24) is 4.90 Å². The molecule has 0 amide bonds. The molecule has 0 saturated carbocycles. The second-order valence-electron chi connectivity index (χ2n) is 5.22. The maximum Gasteiger partial charge on any atom is 0.119 e.